The molecule has 1 fully saturated rings. The summed E-state index contributed by atoms with van der Waals surface area (Å²) in [5.41, 5.74) is 4.40. The van der Waals surface area contributed by atoms with Gasteiger partial charge in [0.25, 0.3) is 11.1 Å². The van der Waals surface area contributed by atoms with Gasteiger partial charge < -0.3 is 9.64 Å². The summed E-state index contributed by atoms with van der Waals surface area (Å²) in [6.07, 6.45) is 5.35. The minimum absolute atomic E-state index is 0.269. The number of amides is 1. The molecule has 1 saturated heterocycles. The van der Waals surface area contributed by atoms with Crippen LogP contribution in [0.25, 0.3) is 11.1 Å². The van der Waals surface area contributed by atoms with E-state index in [2.05, 4.69) is 37.5 Å². The number of aromatic nitrogens is 3. The number of aryl methyl sites for hydroxylation is 1. The summed E-state index contributed by atoms with van der Waals surface area (Å²) in [4.78, 5) is 19.7. The molecule has 0 radical (unpaired) electrons. The quantitative estimate of drug-likeness (QED) is 0.682. The van der Waals surface area contributed by atoms with Gasteiger partial charge in [0.15, 0.2) is 0 Å². The summed E-state index contributed by atoms with van der Waals surface area (Å²) < 4.78 is 5.04. The third-order valence-corrected chi connectivity index (χ3v) is 5.77. The lowest BCUT2D eigenvalue weighted by Crippen LogP contribution is -2.29. The Morgan fingerprint density at radius 1 is 1.17 bits per heavy atom. The lowest BCUT2D eigenvalue weighted by molar-refractivity contribution is 0.102. The second kappa shape index (κ2) is 8.57. The number of rotatable bonds is 5. The normalized spacial score (nSPS) is 13.9. The van der Waals surface area contributed by atoms with Gasteiger partial charge in [-0.1, -0.05) is 17.2 Å². The van der Waals surface area contributed by atoms with Crippen LogP contribution in [-0.2, 0) is 0 Å². The molecule has 3 heterocycles. The Bertz CT molecular complexity index is 1010. The summed E-state index contributed by atoms with van der Waals surface area (Å²) in [6, 6.07) is 10.3. The number of nitrogens with one attached hydrogen (secondary N) is 1. The van der Waals surface area contributed by atoms with Gasteiger partial charge in [0.05, 0.1) is 12.7 Å². The van der Waals surface area contributed by atoms with Crippen molar-refractivity contribution in [3.63, 3.8) is 0 Å². The Hall–Kier alpha value is -3.00. The van der Waals surface area contributed by atoms with Crippen molar-refractivity contribution in [3.8, 4) is 16.3 Å². The summed E-state index contributed by atoms with van der Waals surface area (Å²) >= 11 is 1.18. The van der Waals surface area contributed by atoms with E-state index >= 15 is 0 Å². The molecule has 150 valence electrons. The van der Waals surface area contributed by atoms with Crippen LogP contribution in [0.2, 0.25) is 0 Å². The molecular weight excluding hydrogens is 386 g/mol. The number of benzene rings is 1. The van der Waals surface area contributed by atoms with Gasteiger partial charge in [0, 0.05) is 30.7 Å². The molecule has 1 aliphatic heterocycles. The SMILES string of the molecule is COc1nnc(NC(=O)c2cnc(C)cc2-c2cccc(N3CCCCC3)c2)s1. The molecule has 0 spiro atoms. The van der Waals surface area contributed by atoms with Crippen LogP contribution in [0.15, 0.2) is 36.5 Å². The van der Waals surface area contributed by atoms with Crippen molar-refractivity contribution >= 4 is 28.1 Å². The number of anilines is 2. The van der Waals surface area contributed by atoms with E-state index in [0.29, 0.717) is 15.9 Å². The first kappa shape index (κ1) is 19.3. The maximum Gasteiger partial charge on any atom is 0.295 e. The van der Waals surface area contributed by atoms with E-state index in [-0.39, 0.29) is 5.91 Å². The van der Waals surface area contributed by atoms with Crippen LogP contribution >= 0.6 is 11.3 Å². The van der Waals surface area contributed by atoms with E-state index in [9.17, 15) is 4.79 Å². The van der Waals surface area contributed by atoms with Gasteiger partial charge in [0.2, 0.25) is 5.13 Å². The van der Waals surface area contributed by atoms with Gasteiger partial charge in [-0.05, 0) is 66.8 Å². The average Bonchev–Trinajstić information content (AvgIpc) is 3.22. The smallest absolute Gasteiger partial charge is 0.295 e. The molecule has 1 N–H and O–H groups in total. The predicted octanol–water partition coefficient (Wildman–Crippen LogP) is 4.16. The minimum atomic E-state index is -0.269. The molecule has 0 unspecified atom stereocenters. The zero-order chi connectivity index (χ0) is 20.2. The van der Waals surface area contributed by atoms with Gasteiger partial charge >= 0.3 is 0 Å². The molecule has 0 bridgehead atoms. The third-order valence-electron chi connectivity index (χ3n) is 4.97. The van der Waals surface area contributed by atoms with Crippen LogP contribution in [0.3, 0.4) is 0 Å². The van der Waals surface area contributed by atoms with Gasteiger partial charge in [-0.3, -0.25) is 15.1 Å². The molecule has 1 aliphatic rings. The Labute approximate surface area is 173 Å². The van der Waals surface area contributed by atoms with Crippen molar-refractivity contribution in [1.29, 1.82) is 0 Å². The molecule has 1 amide bonds. The first-order chi connectivity index (χ1) is 14.1. The van der Waals surface area contributed by atoms with Crippen LogP contribution in [-0.4, -0.2) is 41.3 Å². The molecule has 0 atom stereocenters. The van der Waals surface area contributed by atoms with Crippen LogP contribution in [0.1, 0.15) is 35.3 Å². The molecule has 7 nitrogen and oxygen atoms in total. The molecule has 8 heteroatoms. The molecule has 0 aliphatic carbocycles. The van der Waals surface area contributed by atoms with Crippen molar-refractivity contribution in [2.24, 2.45) is 0 Å². The second-order valence-electron chi connectivity index (χ2n) is 7.00. The van der Waals surface area contributed by atoms with Crippen molar-refractivity contribution in [2.45, 2.75) is 26.2 Å². The zero-order valence-electron chi connectivity index (χ0n) is 16.5. The lowest BCUT2D eigenvalue weighted by atomic mass is 9.99. The first-order valence-electron chi connectivity index (χ1n) is 9.65. The summed E-state index contributed by atoms with van der Waals surface area (Å²) in [6.45, 7) is 4.07. The highest BCUT2D eigenvalue weighted by molar-refractivity contribution is 7.17. The highest BCUT2D eigenvalue weighted by Crippen LogP contribution is 2.30. The molecule has 0 saturated carbocycles. The topological polar surface area (TPSA) is 80.2 Å². The monoisotopic (exact) mass is 409 g/mol. The van der Waals surface area contributed by atoms with Crippen LogP contribution in [0, 0.1) is 6.92 Å². The number of carbonyl (C=O) groups excluding carboxylic acids is 1. The average molecular weight is 410 g/mol. The Morgan fingerprint density at radius 2 is 2.00 bits per heavy atom. The maximum atomic E-state index is 12.9. The van der Waals surface area contributed by atoms with E-state index in [1.807, 2.05) is 25.1 Å². The van der Waals surface area contributed by atoms with E-state index in [1.165, 1.54) is 43.4 Å². The summed E-state index contributed by atoms with van der Waals surface area (Å²) in [5.74, 6) is -0.269. The van der Waals surface area contributed by atoms with Crippen LogP contribution < -0.4 is 15.0 Å². The number of piperidine rings is 1. The van der Waals surface area contributed by atoms with Gasteiger partial charge in [-0.15, -0.1) is 5.10 Å². The standard InChI is InChI=1S/C21H23N5O2S/c1-14-11-17(15-7-6-8-16(12-15)26-9-4-3-5-10-26)18(13-22-14)19(27)23-20-24-25-21(28-2)29-20/h6-8,11-13H,3-5,9-10H2,1-2H3,(H,23,24,27). The minimum Gasteiger partial charge on any atom is -0.472 e. The maximum absolute atomic E-state index is 12.9. The van der Waals surface area contributed by atoms with Crippen molar-refractivity contribution in [3.05, 3.63) is 47.8 Å². The molecule has 2 aromatic heterocycles. The fourth-order valence-electron chi connectivity index (χ4n) is 3.51. The largest absolute Gasteiger partial charge is 0.472 e. The molecule has 3 aromatic rings. The highest BCUT2D eigenvalue weighted by Gasteiger charge is 2.18. The lowest BCUT2D eigenvalue weighted by Gasteiger charge is -2.29. The van der Waals surface area contributed by atoms with E-state index < -0.39 is 0 Å². The van der Waals surface area contributed by atoms with Crippen molar-refractivity contribution in [2.75, 3.05) is 30.4 Å². The fourth-order valence-corrected chi connectivity index (χ4v) is 4.06. The number of ether oxygens (including phenoxy) is 1. The number of methoxy groups -OCH3 is 1. The second-order valence-corrected chi connectivity index (χ2v) is 7.94. The number of carbonyl (C=O) groups is 1. The van der Waals surface area contributed by atoms with E-state index in [4.69, 9.17) is 4.74 Å². The van der Waals surface area contributed by atoms with E-state index in [0.717, 1.165) is 29.9 Å². The van der Waals surface area contributed by atoms with E-state index in [1.54, 1.807) is 6.20 Å². The predicted molar refractivity (Wildman–Crippen MR) is 115 cm³/mol. The number of hydrogen-bond acceptors (Lipinski definition) is 7. The Kier molecular flexibility index (Phi) is 5.71. The molecule has 4 rings (SSSR count). The van der Waals surface area contributed by atoms with Crippen molar-refractivity contribution < 1.29 is 9.53 Å². The van der Waals surface area contributed by atoms with Gasteiger partial charge in [-0.2, -0.15) is 0 Å². The molecule has 1 aromatic carbocycles. The van der Waals surface area contributed by atoms with Crippen molar-refractivity contribution in [1.82, 2.24) is 15.2 Å². The van der Waals surface area contributed by atoms with Crippen LogP contribution in [0.5, 0.6) is 5.19 Å². The fraction of sp³-hybridized carbons (Fsp3) is 0.333. The molecule has 29 heavy (non-hydrogen) atoms. The number of pyridine rings is 1. The summed E-state index contributed by atoms with van der Waals surface area (Å²) in [5, 5.41) is 11.4. The zero-order valence-corrected chi connectivity index (χ0v) is 17.3. The Balaban J connectivity index is 1.65. The Morgan fingerprint density at radius 3 is 2.76 bits per heavy atom. The molecular formula is C21H23N5O2S. The van der Waals surface area contributed by atoms with Gasteiger partial charge in [-0.25, -0.2) is 0 Å². The highest BCUT2D eigenvalue weighted by atomic mass is 32.1. The third kappa shape index (κ3) is 4.37. The number of hydrogen-bond donors (Lipinski definition) is 1. The summed E-state index contributed by atoms with van der Waals surface area (Å²) in [7, 11) is 1.52. The van der Waals surface area contributed by atoms with Crippen LogP contribution in [0.4, 0.5) is 10.8 Å². The first-order valence-corrected chi connectivity index (χ1v) is 10.5. The number of nitrogens with zero attached hydrogens (tertiary/aromatic N) is 4. The van der Waals surface area contributed by atoms with Gasteiger partial charge in [0.1, 0.15) is 0 Å².